The Bertz CT molecular complexity index is 957. The Hall–Kier alpha value is -2.58. The number of para-hydroxylation sites is 1. The number of allylic oxidation sites excluding steroid dienone is 1. The quantitative estimate of drug-likeness (QED) is 0.418. The number of carbonyl (C=O) groups is 1. The van der Waals surface area contributed by atoms with Crippen molar-refractivity contribution < 1.29 is 9.90 Å². The maximum absolute atomic E-state index is 12.2. The highest BCUT2D eigenvalue weighted by Gasteiger charge is 2.17. The van der Waals surface area contributed by atoms with Gasteiger partial charge in [-0.2, -0.15) is 0 Å². The van der Waals surface area contributed by atoms with E-state index in [2.05, 4.69) is 38.0 Å². The van der Waals surface area contributed by atoms with Gasteiger partial charge in [-0.15, -0.1) is 16.8 Å². The van der Waals surface area contributed by atoms with Crippen LogP contribution < -0.4 is 5.32 Å². The summed E-state index contributed by atoms with van der Waals surface area (Å²) in [6.07, 6.45) is 1.72. The molecule has 8 heteroatoms. The molecule has 0 aliphatic rings. The SMILES string of the molecule is C=CCn1c(SCC(=O)Nc2ccc(Br)cc2)nnc1-c1ccccc1O. The molecule has 0 radical (unpaired) electrons. The summed E-state index contributed by atoms with van der Waals surface area (Å²) in [7, 11) is 0. The molecule has 27 heavy (non-hydrogen) atoms. The molecule has 3 rings (SSSR count). The maximum atomic E-state index is 12.2. The summed E-state index contributed by atoms with van der Waals surface area (Å²) >= 11 is 4.64. The van der Waals surface area contributed by atoms with Crippen LogP contribution in [-0.4, -0.2) is 31.5 Å². The summed E-state index contributed by atoms with van der Waals surface area (Å²) in [5.41, 5.74) is 1.31. The van der Waals surface area contributed by atoms with Crippen LogP contribution in [0.3, 0.4) is 0 Å². The van der Waals surface area contributed by atoms with Gasteiger partial charge >= 0.3 is 0 Å². The van der Waals surface area contributed by atoms with E-state index < -0.39 is 0 Å². The minimum Gasteiger partial charge on any atom is -0.507 e. The summed E-state index contributed by atoms with van der Waals surface area (Å²) in [5, 5.41) is 21.9. The lowest BCUT2D eigenvalue weighted by Gasteiger charge is -2.09. The zero-order chi connectivity index (χ0) is 19.2. The molecule has 0 spiro atoms. The van der Waals surface area contributed by atoms with Gasteiger partial charge in [0.05, 0.1) is 11.3 Å². The number of rotatable bonds is 7. The number of hydrogen-bond acceptors (Lipinski definition) is 5. The maximum Gasteiger partial charge on any atom is 0.234 e. The van der Waals surface area contributed by atoms with E-state index in [1.165, 1.54) is 11.8 Å². The van der Waals surface area contributed by atoms with Crippen LogP contribution in [0.2, 0.25) is 0 Å². The third-order valence-electron chi connectivity index (χ3n) is 3.63. The highest BCUT2D eigenvalue weighted by atomic mass is 79.9. The second kappa shape index (κ2) is 8.88. The van der Waals surface area contributed by atoms with Crippen molar-refractivity contribution in [1.82, 2.24) is 14.8 Å². The van der Waals surface area contributed by atoms with E-state index in [0.717, 1.165) is 10.2 Å². The fourth-order valence-electron chi connectivity index (χ4n) is 2.41. The largest absolute Gasteiger partial charge is 0.507 e. The van der Waals surface area contributed by atoms with Gasteiger partial charge in [-0.05, 0) is 36.4 Å². The van der Waals surface area contributed by atoms with Crippen molar-refractivity contribution in [2.24, 2.45) is 0 Å². The van der Waals surface area contributed by atoms with E-state index in [0.29, 0.717) is 23.1 Å². The molecule has 2 N–H and O–H groups in total. The predicted molar refractivity (Wildman–Crippen MR) is 111 cm³/mol. The molecule has 0 bridgehead atoms. The molecule has 6 nitrogen and oxygen atoms in total. The first-order valence-corrected chi connectivity index (χ1v) is 9.87. The van der Waals surface area contributed by atoms with Crippen molar-refractivity contribution in [2.75, 3.05) is 11.1 Å². The Morgan fingerprint density at radius 1 is 1.22 bits per heavy atom. The minimum atomic E-state index is -0.139. The van der Waals surface area contributed by atoms with E-state index in [1.54, 1.807) is 24.3 Å². The lowest BCUT2D eigenvalue weighted by atomic mass is 10.2. The lowest BCUT2D eigenvalue weighted by Crippen LogP contribution is -2.14. The predicted octanol–water partition coefficient (Wildman–Crippen LogP) is 4.33. The topological polar surface area (TPSA) is 80.0 Å². The summed E-state index contributed by atoms with van der Waals surface area (Å²) in [4.78, 5) is 12.2. The second-order valence-corrected chi connectivity index (χ2v) is 7.42. The summed E-state index contributed by atoms with van der Waals surface area (Å²) < 4.78 is 2.77. The average molecular weight is 445 g/mol. The van der Waals surface area contributed by atoms with Gasteiger partial charge in [-0.25, -0.2) is 0 Å². The number of aromatic nitrogens is 3. The van der Waals surface area contributed by atoms with Crippen LogP contribution >= 0.6 is 27.7 Å². The van der Waals surface area contributed by atoms with Crippen LogP contribution in [0.4, 0.5) is 5.69 Å². The molecule has 3 aromatic rings. The van der Waals surface area contributed by atoms with Crippen LogP contribution in [0.1, 0.15) is 0 Å². The number of nitrogens with zero attached hydrogens (tertiary/aromatic N) is 3. The molecule has 0 aliphatic heterocycles. The molecule has 1 heterocycles. The van der Waals surface area contributed by atoms with Crippen LogP contribution in [-0.2, 0) is 11.3 Å². The normalized spacial score (nSPS) is 10.6. The third-order valence-corrected chi connectivity index (χ3v) is 5.13. The molecule has 0 saturated heterocycles. The van der Waals surface area contributed by atoms with Crippen LogP contribution in [0.15, 0.2) is 70.8 Å². The highest BCUT2D eigenvalue weighted by molar-refractivity contribution is 9.10. The number of halogens is 1. The van der Waals surface area contributed by atoms with E-state index in [4.69, 9.17) is 0 Å². The molecule has 0 atom stereocenters. The number of anilines is 1. The number of benzene rings is 2. The first-order chi connectivity index (χ1) is 13.1. The zero-order valence-corrected chi connectivity index (χ0v) is 16.7. The van der Waals surface area contributed by atoms with Gasteiger partial charge in [0.1, 0.15) is 5.75 Å². The Morgan fingerprint density at radius 2 is 1.96 bits per heavy atom. The fraction of sp³-hybridized carbons (Fsp3) is 0.105. The van der Waals surface area contributed by atoms with Crippen LogP contribution in [0.25, 0.3) is 11.4 Å². The van der Waals surface area contributed by atoms with Gasteiger partial charge in [0.2, 0.25) is 5.91 Å². The first-order valence-electron chi connectivity index (χ1n) is 8.09. The molecular weight excluding hydrogens is 428 g/mol. The van der Waals surface area contributed by atoms with E-state index in [1.807, 2.05) is 34.9 Å². The Balaban J connectivity index is 1.73. The molecule has 0 saturated carbocycles. The minimum absolute atomic E-state index is 0.125. The molecule has 138 valence electrons. The van der Waals surface area contributed by atoms with Crippen LogP contribution in [0, 0.1) is 0 Å². The standard InChI is InChI=1S/C19H17BrN4O2S/c1-2-11-24-18(15-5-3-4-6-16(15)25)22-23-19(24)27-12-17(26)21-14-9-7-13(20)8-10-14/h2-10,25H,1,11-12H2,(H,21,26). The molecule has 0 aliphatic carbocycles. The van der Waals surface area contributed by atoms with E-state index in [-0.39, 0.29) is 17.4 Å². The summed E-state index contributed by atoms with van der Waals surface area (Å²) in [6, 6.07) is 14.3. The highest BCUT2D eigenvalue weighted by Crippen LogP contribution is 2.30. The number of nitrogens with one attached hydrogen (secondary N) is 1. The number of aromatic hydroxyl groups is 1. The molecular formula is C19H17BrN4O2S. The summed E-state index contributed by atoms with van der Waals surface area (Å²) in [6.45, 7) is 4.23. The van der Waals surface area contributed by atoms with Crippen molar-refractivity contribution in [2.45, 2.75) is 11.7 Å². The van der Waals surface area contributed by atoms with Crippen molar-refractivity contribution in [3.05, 3.63) is 65.7 Å². The van der Waals surface area contributed by atoms with E-state index >= 15 is 0 Å². The fourth-order valence-corrected chi connectivity index (χ4v) is 3.42. The van der Waals surface area contributed by atoms with Gasteiger partial charge in [0.25, 0.3) is 0 Å². The van der Waals surface area contributed by atoms with E-state index in [9.17, 15) is 9.90 Å². The smallest absolute Gasteiger partial charge is 0.234 e. The van der Waals surface area contributed by atoms with Crippen molar-refractivity contribution in [3.8, 4) is 17.1 Å². The molecule has 0 fully saturated rings. The Morgan fingerprint density at radius 3 is 2.67 bits per heavy atom. The second-order valence-electron chi connectivity index (χ2n) is 5.57. The Labute approximate surface area is 169 Å². The van der Waals surface area contributed by atoms with Gasteiger partial charge in [0.15, 0.2) is 11.0 Å². The number of amides is 1. The number of hydrogen-bond donors (Lipinski definition) is 2. The number of phenols is 1. The number of thioether (sulfide) groups is 1. The van der Waals surface area contributed by atoms with Gasteiger partial charge in [-0.1, -0.05) is 45.9 Å². The third kappa shape index (κ3) is 4.78. The number of carbonyl (C=O) groups excluding carboxylic acids is 1. The zero-order valence-electron chi connectivity index (χ0n) is 14.3. The van der Waals surface area contributed by atoms with Crippen molar-refractivity contribution in [3.63, 3.8) is 0 Å². The van der Waals surface area contributed by atoms with Crippen molar-refractivity contribution in [1.29, 1.82) is 0 Å². The molecule has 1 aromatic heterocycles. The number of phenolic OH excluding ortho intramolecular Hbond substituents is 1. The lowest BCUT2D eigenvalue weighted by molar-refractivity contribution is -0.113. The van der Waals surface area contributed by atoms with Gasteiger partial charge in [-0.3, -0.25) is 9.36 Å². The first kappa shape index (κ1) is 19.2. The van der Waals surface area contributed by atoms with Gasteiger partial charge in [0, 0.05) is 16.7 Å². The Kier molecular flexibility index (Phi) is 6.31. The molecule has 2 aromatic carbocycles. The van der Waals surface area contributed by atoms with Gasteiger partial charge < -0.3 is 10.4 Å². The van der Waals surface area contributed by atoms with Crippen molar-refractivity contribution >= 4 is 39.3 Å². The summed E-state index contributed by atoms with van der Waals surface area (Å²) in [5.74, 6) is 0.703. The average Bonchev–Trinajstić information content (AvgIpc) is 3.05. The molecule has 1 amide bonds. The monoisotopic (exact) mass is 444 g/mol. The molecule has 0 unspecified atom stereocenters. The van der Waals surface area contributed by atoms with Crippen LogP contribution in [0.5, 0.6) is 5.75 Å².